The van der Waals surface area contributed by atoms with Crippen molar-refractivity contribution >= 4 is 38.5 Å². The van der Waals surface area contributed by atoms with E-state index in [1.165, 1.54) is 0 Å². The standard InChI is InChI=1S/C19H19N3O5S/c1-12(10-20)2-3-13-4-5-14-7-16(9-19(24)25)17(8-15(14)6-13)22-11-18(23)21-28(22,26)27/h4-8,12H,2-3,9,11H2,1H3,(H,21,23)(H,24,25). The van der Waals surface area contributed by atoms with Crippen molar-refractivity contribution in [2.75, 3.05) is 10.8 Å². The second kappa shape index (κ2) is 7.48. The molecule has 28 heavy (non-hydrogen) atoms. The second-order valence-electron chi connectivity index (χ2n) is 6.84. The number of nitriles is 1. The highest BCUT2D eigenvalue weighted by Crippen LogP contribution is 2.31. The number of hydrogen-bond donors (Lipinski definition) is 2. The van der Waals surface area contributed by atoms with Crippen molar-refractivity contribution in [1.82, 2.24) is 4.72 Å². The van der Waals surface area contributed by atoms with Crippen LogP contribution in [0.1, 0.15) is 24.5 Å². The van der Waals surface area contributed by atoms with Crippen LogP contribution in [-0.2, 0) is 32.6 Å². The summed E-state index contributed by atoms with van der Waals surface area (Å²) in [4.78, 5) is 22.8. The number of anilines is 1. The van der Waals surface area contributed by atoms with Gasteiger partial charge < -0.3 is 5.11 Å². The molecule has 1 aliphatic heterocycles. The molecule has 146 valence electrons. The first-order valence-corrected chi connectivity index (χ1v) is 10.1. The third-order valence-electron chi connectivity index (χ3n) is 4.62. The molecule has 2 aromatic rings. The van der Waals surface area contributed by atoms with Gasteiger partial charge in [-0.3, -0.25) is 9.59 Å². The molecule has 1 fully saturated rings. The number of carboxylic acids is 1. The maximum Gasteiger partial charge on any atom is 0.326 e. The molecule has 0 bridgehead atoms. The van der Waals surface area contributed by atoms with Gasteiger partial charge in [0, 0.05) is 5.92 Å². The smallest absolute Gasteiger partial charge is 0.326 e. The molecule has 2 N–H and O–H groups in total. The Morgan fingerprint density at radius 3 is 2.68 bits per heavy atom. The van der Waals surface area contributed by atoms with E-state index in [0.717, 1.165) is 20.6 Å². The number of nitrogens with zero attached hydrogens (tertiary/aromatic N) is 2. The van der Waals surface area contributed by atoms with Crippen LogP contribution in [0, 0.1) is 17.2 Å². The van der Waals surface area contributed by atoms with Crippen LogP contribution in [0.25, 0.3) is 10.8 Å². The summed E-state index contributed by atoms with van der Waals surface area (Å²) in [5.74, 6) is -1.84. The van der Waals surface area contributed by atoms with Gasteiger partial charge in [-0.2, -0.15) is 13.7 Å². The summed E-state index contributed by atoms with van der Waals surface area (Å²) in [6.45, 7) is 1.46. The van der Waals surface area contributed by atoms with Crippen LogP contribution in [0.4, 0.5) is 5.69 Å². The molecule has 0 saturated carbocycles. The van der Waals surface area contributed by atoms with E-state index in [4.69, 9.17) is 5.26 Å². The Balaban J connectivity index is 2.07. The Labute approximate surface area is 162 Å². The number of fused-ring (bicyclic) bond motifs is 1. The zero-order valence-corrected chi connectivity index (χ0v) is 16.0. The lowest BCUT2D eigenvalue weighted by molar-refractivity contribution is -0.136. The van der Waals surface area contributed by atoms with Crippen LogP contribution in [-0.4, -0.2) is 31.9 Å². The fourth-order valence-electron chi connectivity index (χ4n) is 3.18. The Morgan fingerprint density at radius 2 is 2.07 bits per heavy atom. The second-order valence-corrected chi connectivity index (χ2v) is 8.43. The van der Waals surface area contributed by atoms with Gasteiger partial charge in [-0.15, -0.1) is 0 Å². The van der Waals surface area contributed by atoms with Crippen molar-refractivity contribution in [2.45, 2.75) is 26.2 Å². The number of aryl methyl sites for hydroxylation is 1. The molecule has 3 rings (SSSR count). The molecule has 1 amide bonds. The first kappa shape index (κ1) is 19.6. The predicted molar refractivity (Wildman–Crippen MR) is 103 cm³/mol. The molecule has 1 unspecified atom stereocenters. The van der Waals surface area contributed by atoms with Gasteiger partial charge in [0.1, 0.15) is 6.54 Å². The van der Waals surface area contributed by atoms with Gasteiger partial charge in [-0.25, -0.2) is 9.03 Å². The first-order chi connectivity index (χ1) is 13.2. The summed E-state index contributed by atoms with van der Waals surface area (Å²) < 4.78 is 27.3. The lowest BCUT2D eigenvalue weighted by atomic mass is 9.97. The third-order valence-corrected chi connectivity index (χ3v) is 6.01. The number of nitrogens with one attached hydrogen (secondary N) is 1. The van der Waals surface area contributed by atoms with Gasteiger partial charge >= 0.3 is 16.2 Å². The largest absolute Gasteiger partial charge is 0.481 e. The van der Waals surface area contributed by atoms with Crippen molar-refractivity contribution in [2.24, 2.45) is 5.92 Å². The van der Waals surface area contributed by atoms with Crippen molar-refractivity contribution in [1.29, 1.82) is 5.26 Å². The highest BCUT2D eigenvalue weighted by molar-refractivity contribution is 7.92. The van der Waals surface area contributed by atoms with E-state index >= 15 is 0 Å². The Bertz CT molecular complexity index is 1100. The van der Waals surface area contributed by atoms with Gasteiger partial charge in [-0.05, 0) is 53.8 Å². The Hall–Kier alpha value is -3.12. The van der Waals surface area contributed by atoms with Gasteiger partial charge in [0.15, 0.2) is 0 Å². The fourth-order valence-corrected chi connectivity index (χ4v) is 4.36. The minimum atomic E-state index is -4.05. The van der Waals surface area contributed by atoms with Crippen LogP contribution >= 0.6 is 0 Å². The summed E-state index contributed by atoms with van der Waals surface area (Å²) in [5.41, 5.74) is 1.48. The molecule has 8 nitrogen and oxygen atoms in total. The van der Waals surface area contributed by atoms with Gasteiger partial charge in [0.05, 0.1) is 18.2 Å². The maximum atomic E-state index is 12.2. The molecule has 0 radical (unpaired) electrons. The van der Waals surface area contributed by atoms with E-state index in [-0.39, 0.29) is 24.6 Å². The van der Waals surface area contributed by atoms with E-state index in [2.05, 4.69) is 6.07 Å². The lowest BCUT2D eigenvalue weighted by Crippen LogP contribution is -2.30. The molecule has 1 saturated heterocycles. The molecule has 0 aliphatic carbocycles. The van der Waals surface area contributed by atoms with Crippen molar-refractivity contribution in [3.8, 4) is 6.07 Å². The third kappa shape index (κ3) is 4.07. The minimum Gasteiger partial charge on any atom is -0.481 e. The molecule has 0 aromatic heterocycles. The highest BCUT2D eigenvalue weighted by atomic mass is 32.2. The van der Waals surface area contributed by atoms with Crippen molar-refractivity contribution in [3.63, 3.8) is 0 Å². The summed E-state index contributed by atoms with van der Waals surface area (Å²) in [7, 11) is -4.05. The number of amides is 1. The number of hydrogen-bond acceptors (Lipinski definition) is 5. The number of carbonyl (C=O) groups excluding carboxylic acids is 1. The monoisotopic (exact) mass is 401 g/mol. The molecular weight excluding hydrogens is 382 g/mol. The predicted octanol–water partition coefficient (Wildman–Crippen LogP) is 1.74. The molecule has 2 aromatic carbocycles. The Kier molecular flexibility index (Phi) is 5.25. The van der Waals surface area contributed by atoms with Gasteiger partial charge in [0.2, 0.25) is 0 Å². The van der Waals surface area contributed by atoms with Crippen molar-refractivity contribution < 1.29 is 23.1 Å². The van der Waals surface area contributed by atoms with E-state index in [1.54, 1.807) is 12.1 Å². The van der Waals surface area contributed by atoms with E-state index < -0.39 is 22.1 Å². The Morgan fingerprint density at radius 1 is 1.32 bits per heavy atom. The van der Waals surface area contributed by atoms with E-state index in [9.17, 15) is 23.1 Å². The first-order valence-electron chi connectivity index (χ1n) is 8.70. The zero-order valence-electron chi connectivity index (χ0n) is 15.2. The summed E-state index contributed by atoms with van der Waals surface area (Å²) in [6, 6.07) is 11.1. The normalized spacial score (nSPS) is 16.6. The SMILES string of the molecule is CC(C#N)CCc1ccc2cc(CC(=O)O)c(N3CC(=O)NS3(=O)=O)cc2c1. The van der Waals surface area contributed by atoms with Crippen molar-refractivity contribution in [3.05, 3.63) is 41.5 Å². The highest BCUT2D eigenvalue weighted by Gasteiger charge is 2.35. The quantitative estimate of drug-likeness (QED) is 0.759. The number of carbonyl (C=O) groups is 2. The summed E-state index contributed by atoms with van der Waals surface area (Å²) in [6.07, 6.45) is 1.02. The number of aliphatic carboxylic acids is 1. The van der Waals surface area contributed by atoms with E-state index in [0.29, 0.717) is 18.4 Å². The molecule has 1 heterocycles. The number of rotatable bonds is 6. The van der Waals surface area contributed by atoms with Crippen LogP contribution in [0.2, 0.25) is 0 Å². The molecule has 1 aliphatic rings. The van der Waals surface area contributed by atoms with Crippen LogP contribution in [0.15, 0.2) is 30.3 Å². The molecular formula is C19H19N3O5S. The summed E-state index contributed by atoms with van der Waals surface area (Å²) in [5, 5.41) is 19.6. The van der Waals surface area contributed by atoms with E-state index in [1.807, 2.05) is 29.8 Å². The zero-order chi connectivity index (χ0) is 20.5. The fraction of sp³-hybridized carbons (Fsp3) is 0.316. The topological polar surface area (TPSA) is 128 Å². The van der Waals surface area contributed by atoms with Gasteiger partial charge in [0.25, 0.3) is 5.91 Å². The number of benzene rings is 2. The summed E-state index contributed by atoms with van der Waals surface area (Å²) >= 11 is 0. The molecule has 1 atom stereocenters. The molecule has 0 spiro atoms. The maximum absolute atomic E-state index is 12.2. The van der Waals surface area contributed by atoms with Gasteiger partial charge in [-0.1, -0.05) is 18.2 Å². The number of carboxylic acid groups (broad SMARTS) is 1. The average molecular weight is 401 g/mol. The molecule has 9 heteroatoms. The average Bonchev–Trinajstić information content (AvgIpc) is 2.90. The lowest BCUT2D eigenvalue weighted by Gasteiger charge is -2.19. The minimum absolute atomic E-state index is 0.0731. The van der Waals surface area contributed by atoms with Crippen LogP contribution in [0.5, 0.6) is 0 Å². The van der Waals surface area contributed by atoms with Crippen LogP contribution < -0.4 is 9.03 Å². The van der Waals surface area contributed by atoms with Crippen LogP contribution in [0.3, 0.4) is 0 Å².